The first-order valence-corrected chi connectivity index (χ1v) is 10.6. The number of aryl methyl sites for hydroxylation is 1. The first kappa shape index (κ1) is 20.4. The molecule has 150 valence electrons. The highest BCUT2D eigenvalue weighted by Gasteiger charge is 2.17. The van der Waals surface area contributed by atoms with Gasteiger partial charge in [0.2, 0.25) is 0 Å². The number of nitrogens with one attached hydrogen (secondary N) is 2. The van der Waals surface area contributed by atoms with Crippen LogP contribution >= 0.6 is 0 Å². The second kappa shape index (κ2) is 8.79. The Morgan fingerprint density at radius 2 is 1.69 bits per heavy atom. The number of sulfonamides is 1. The average Bonchev–Trinajstić information content (AvgIpc) is 2.74. The third kappa shape index (κ3) is 4.94. The van der Waals surface area contributed by atoms with Crippen LogP contribution < -0.4 is 14.8 Å². The Balaban J connectivity index is 1.81. The molecule has 0 unspecified atom stereocenters. The predicted octanol–water partition coefficient (Wildman–Crippen LogP) is 4.31. The van der Waals surface area contributed by atoms with Crippen molar-refractivity contribution in [1.29, 1.82) is 0 Å². The number of carbonyl (C=O) groups excluding carboxylic acids is 1. The Bertz CT molecular complexity index is 1110. The van der Waals surface area contributed by atoms with Gasteiger partial charge in [0.15, 0.2) is 0 Å². The molecule has 0 fully saturated rings. The van der Waals surface area contributed by atoms with Gasteiger partial charge in [-0.2, -0.15) is 0 Å². The topological polar surface area (TPSA) is 84.5 Å². The lowest BCUT2D eigenvalue weighted by atomic mass is 10.1. The van der Waals surface area contributed by atoms with Gasteiger partial charge in [-0.25, -0.2) is 8.42 Å². The number of ether oxygens (including phenoxy) is 1. The molecule has 0 atom stereocenters. The van der Waals surface area contributed by atoms with Gasteiger partial charge < -0.3 is 10.1 Å². The number of methoxy groups -OCH3 is 1. The first-order valence-electron chi connectivity index (χ1n) is 9.09. The zero-order valence-corrected chi connectivity index (χ0v) is 17.0. The summed E-state index contributed by atoms with van der Waals surface area (Å²) in [4.78, 5) is 12.7. The fourth-order valence-corrected chi connectivity index (χ4v) is 3.93. The molecular formula is C22H22N2O4S. The van der Waals surface area contributed by atoms with E-state index >= 15 is 0 Å². The van der Waals surface area contributed by atoms with Crippen molar-refractivity contribution in [2.24, 2.45) is 0 Å². The summed E-state index contributed by atoms with van der Waals surface area (Å²) in [6, 6.07) is 20.0. The summed E-state index contributed by atoms with van der Waals surface area (Å²) in [5.41, 5.74) is 2.38. The van der Waals surface area contributed by atoms with Crippen LogP contribution in [0.3, 0.4) is 0 Å². The SMILES string of the molecule is CCc1ccccc1NC(=O)c1cccc(S(=O)(=O)Nc2ccc(OC)cc2)c1. The summed E-state index contributed by atoms with van der Waals surface area (Å²) in [6.45, 7) is 2.00. The maximum absolute atomic E-state index is 12.7. The lowest BCUT2D eigenvalue weighted by Crippen LogP contribution is -2.16. The van der Waals surface area contributed by atoms with Crippen LogP contribution in [0.15, 0.2) is 77.7 Å². The summed E-state index contributed by atoms with van der Waals surface area (Å²) >= 11 is 0. The number of benzene rings is 3. The van der Waals surface area contributed by atoms with E-state index in [0.29, 0.717) is 17.1 Å². The number of para-hydroxylation sites is 1. The van der Waals surface area contributed by atoms with Gasteiger partial charge in [-0.1, -0.05) is 31.2 Å². The van der Waals surface area contributed by atoms with Crippen molar-refractivity contribution in [1.82, 2.24) is 0 Å². The molecule has 0 aliphatic rings. The monoisotopic (exact) mass is 410 g/mol. The van der Waals surface area contributed by atoms with Crippen LogP contribution in [0.25, 0.3) is 0 Å². The lowest BCUT2D eigenvalue weighted by molar-refractivity contribution is 0.102. The molecule has 0 aliphatic carbocycles. The van der Waals surface area contributed by atoms with Crippen LogP contribution in [0.4, 0.5) is 11.4 Å². The van der Waals surface area contributed by atoms with Crippen molar-refractivity contribution < 1.29 is 17.9 Å². The largest absolute Gasteiger partial charge is 0.497 e. The van der Waals surface area contributed by atoms with E-state index in [-0.39, 0.29) is 16.4 Å². The molecular weight excluding hydrogens is 388 g/mol. The van der Waals surface area contributed by atoms with Crippen LogP contribution in [0.5, 0.6) is 5.75 Å². The van der Waals surface area contributed by atoms with Crippen molar-refractivity contribution in [3.05, 3.63) is 83.9 Å². The fourth-order valence-electron chi connectivity index (χ4n) is 2.82. The number of carbonyl (C=O) groups is 1. The van der Waals surface area contributed by atoms with Crippen molar-refractivity contribution in [2.45, 2.75) is 18.2 Å². The normalized spacial score (nSPS) is 11.0. The third-order valence-corrected chi connectivity index (χ3v) is 5.77. The maximum Gasteiger partial charge on any atom is 0.261 e. The molecule has 29 heavy (non-hydrogen) atoms. The van der Waals surface area contributed by atoms with E-state index in [0.717, 1.165) is 12.0 Å². The Morgan fingerprint density at radius 3 is 2.38 bits per heavy atom. The third-order valence-electron chi connectivity index (χ3n) is 4.40. The molecule has 0 saturated carbocycles. The second-order valence-electron chi connectivity index (χ2n) is 6.33. The maximum atomic E-state index is 12.7. The Morgan fingerprint density at radius 1 is 0.966 bits per heavy atom. The van der Waals surface area contributed by atoms with Crippen LogP contribution in [0, 0.1) is 0 Å². The molecule has 0 aromatic heterocycles. The quantitative estimate of drug-likeness (QED) is 0.608. The van der Waals surface area contributed by atoms with Crippen LogP contribution in [-0.2, 0) is 16.4 Å². The Kier molecular flexibility index (Phi) is 6.19. The van der Waals surface area contributed by atoms with E-state index in [1.807, 2.05) is 31.2 Å². The van der Waals surface area contributed by atoms with Gasteiger partial charge in [0, 0.05) is 16.9 Å². The van der Waals surface area contributed by atoms with E-state index < -0.39 is 10.0 Å². The predicted molar refractivity (Wildman–Crippen MR) is 114 cm³/mol. The van der Waals surface area contributed by atoms with Crippen LogP contribution in [0.1, 0.15) is 22.8 Å². The highest BCUT2D eigenvalue weighted by molar-refractivity contribution is 7.92. The van der Waals surface area contributed by atoms with E-state index in [1.54, 1.807) is 36.4 Å². The molecule has 3 rings (SSSR count). The molecule has 7 heteroatoms. The lowest BCUT2D eigenvalue weighted by Gasteiger charge is -2.12. The van der Waals surface area contributed by atoms with Crippen molar-refractivity contribution in [2.75, 3.05) is 17.1 Å². The Labute approximate surface area is 170 Å². The smallest absolute Gasteiger partial charge is 0.261 e. The minimum atomic E-state index is -3.85. The zero-order chi connectivity index (χ0) is 20.9. The van der Waals surface area contributed by atoms with Crippen LogP contribution in [-0.4, -0.2) is 21.4 Å². The highest BCUT2D eigenvalue weighted by atomic mass is 32.2. The van der Waals surface area contributed by atoms with Gasteiger partial charge in [0.05, 0.1) is 12.0 Å². The summed E-state index contributed by atoms with van der Waals surface area (Å²) in [5, 5.41) is 2.85. The van der Waals surface area contributed by atoms with E-state index in [1.165, 1.54) is 19.2 Å². The minimum Gasteiger partial charge on any atom is -0.497 e. The standard InChI is InChI=1S/C22H22N2O4S/c1-3-16-7-4-5-10-21(16)23-22(25)17-8-6-9-20(15-17)29(26,27)24-18-11-13-19(28-2)14-12-18/h4-15,24H,3H2,1-2H3,(H,23,25). The summed E-state index contributed by atoms with van der Waals surface area (Å²) < 4.78 is 33.0. The summed E-state index contributed by atoms with van der Waals surface area (Å²) in [7, 11) is -2.31. The second-order valence-corrected chi connectivity index (χ2v) is 8.01. The van der Waals surface area contributed by atoms with E-state index in [4.69, 9.17) is 4.74 Å². The summed E-state index contributed by atoms with van der Waals surface area (Å²) in [5.74, 6) is 0.256. The van der Waals surface area contributed by atoms with Crippen molar-refractivity contribution in [3.63, 3.8) is 0 Å². The summed E-state index contributed by atoms with van der Waals surface area (Å²) in [6.07, 6.45) is 0.774. The van der Waals surface area contributed by atoms with Gasteiger partial charge in [-0.05, 0) is 60.5 Å². The number of anilines is 2. The molecule has 1 amide bonds. The zero-order valence-electron chi connectivity index (χ0n) is 16.2. The minimum absolute atomic E-state index is 0.00439. The highest BCUT2D eigenvalue weighted by Crippen LogP contribution is 2.21. The molecule has 3 aromatic rings. The van der Waals surface area contributed by atoms with E-state index in [9.17, 15) is 13.2 Å². The van der Waals surface area contributed by atoms with Gasteiger partial charge in [0.1, 0.15) is 5.75 Å². The van der Waals surface area contributed by atoms with Crippen LogP contribution in [0.2, 0.25) is 0 Å². The number of rotatable bonds is 7. The molecule has 0 spiro atoms. The van der Waals surface area contributed by atoms with Gasteiger partial charge in [-0.15, -0.1) is 0 Å². The molecule has 0 aliphatic heterocycles. The molecule has 3 aromatic carbocycles. The molecule has 6 nitrogen and oxygen atoms in total. The van der Waals surface area contributed by atoms with Crippen molar-refractivity contribution >= 4 is 27.3 Å². The Hall–Kier alpha value is -3.32. The number of hydrogen-bond acceptors (Lipinski definition) is 4. The molecule has 0 bridgehead atoms. The van der Waals surface area contributed by atoms with E-state index in [2.05, 4.69) is 10.0 Å². The molecule has 0 radical (unpaired) electrons. The first-order chi connectivity index (χ1) is 13.9. The number of amides is 1. The average molecular weight is 410 g/mol. The molecule has 0 heterocycles. The van der Waals surface area contributed by atoms with Crippen molar-refractivity contribution in [3.8, 4) is 5.75 Å². The van der Waals surface area contributed by atoms with Gasteiger partial charge in [0.25, 0.3) is 15.9 Å². The fraction of sp³-hybridized carbons (Fsp3) is 0.136. The van der Waals surface area contributed by atoms with Gasteiger partial charge >= 0.3 is 0 Å². The molecule has 0 saturated heterocycles. The molecule has 2 N–H and O–H groups in total. The van der Waals surface area contributed by atoms with Gasteiger partial charge in [-0.3, -0.25) is 9.52 Å². The number of hydrogen-bond donors (Lipinski definition) is 2.